The number of thiazole rings is 1. The van der Waals surface area contributed by atoms with Gasteiger partial charge in [-0.15, -0.1) is 22.7 Å². The monoisotopic (exact) mass is 369 g/mol. The molecule has 0 atom stereocenters. The van der Waals surface area contributed by atoms with Crippen LogP contribution in [0.2, 0.25) is 0 Å². The van der Waals surface area contributed by atoms with Crippen molar-refractivity contribution in [3.05, 3.63) is 47.0 Å². The van der Waals surface area contributed by atoms with Crippen molar-refractivity contribution in [2.45, 2.75) is 0 Å². The number of carbonyl (C=O) groups excluding carboxylic acids is 1. The maximum absolute atomic E-state index is 12.9. The van der Waals surface area contributed by atoms with Gasteiger partial charge in [0.2, 0.25) is 0 Å². The van der Waals surface area contributed by atoms with Crippen LogP contribution in [0.1, 0.15) is 9.67 Å². The third-order valence-electron chi connectivity index (χ3n) is 4.55. The Morgan fingerprint density at radius 3 is 2.72 bits per heavy atom. The van der Waals surface area contributed by atoms with E-state index < -0.39 is 0 Å². The molecule has 0 unspecified atom stereocenters. The fraction of sp³-hybridized carbons (Fsp3) is 0.235. The highest BCUT2D eigenvalue weighted by atomic mass is 32.1. The van der Waals surface area contributed by atoms with E-state index in [1.165, 1.54) is 11.3 Å². The Balaban J connectivity index is 1.34. The van der Waals surface area contributed by atoms with Crippen molar-refractivity contribution in [1.82, 2.24) is 19.3 Å². The molecule has 0 spiro atoms. The van der Waals surface area contributed by atoms with Gasteiger partial charge in [-0.3, -0.25) is 14.2 Å². The van der Waals surface area contributed by atoms with Crippen molar-refractivity contribution >= 4 is 49.6 Å². The lowest BCUT2D eigenvalue weighted by molar-refractivity contribution is 0.0751. The second kappa shape index (κ2) is 5.82. The van der Waals surface area contributed by atoms with E-state index >= 15 is 0 Å². The molecule has 1 aliphatic rings. The molecule has 1 amide bonds. The molecular formula is C17H15N5OS2. The Labute approximate surface area is 152 Å². The van der Waals surface area contributed by atoms with Crippen molar-refractivity contribution in [3.63, 3.8) is 0 Å². The molecule has 0 bridgehead atoms. The van der Waals surface area contributed by atoms with Gasteiger partial charge in [-0.2, -0.15) is 0 Å². The number of piperazine rings is 1. The Hall–Kier alpha value is -2.45. The quantitative estimate of drug-likeness (QED) is 0.545. The molecule has 1 fully saturated rings. The predicted molar refractivity (Wildman–Crippen MR) is 101 cm³/mol. The van der Waals surface area contributed by atoms with E-state index in [4.69, 9.17) is 0 Å². The third-order valence-corrected chi connectivity index (χ3v) is 6.31. The van der Waals surface area contributed by atoms with Gasteiger partial charge >= 0.3 is 0 Å². The molecule has 0 aliphatic carbocycles. The lowest BCUT2D eigenvalue weighted by Crippen LogP contribution is -2.48. The molecule has 5 heterocycles. The molecule has 126 valence electrons. The normalized spacial score (nSPS) is 15.4. The van der Waals surface area contributed by atoms with Gasteiger partial charge in [0.15, 0.2) is 4.96 Å². The van der Waals surface area contributed by atoms with Crippen LogP contribution in [0.4, 0.5) is 5.69 Å². The number of anilines is 1. The number of thiophene rings is 1. The molecule has 4 aromatic rings. The fourth-order valence-electron chi connectivity index (χ4n) is 3.23. The Kier molecular flexibility index (Phi) is 3.46. The van der Waals surface area contributed by atoms with E-state index in [1.807, 2.05) is 34.7 Å². The number of nitrogens with zero attached hydrogens (tertiary/aromatic N) is 5. The van der Waals surface area contributed by atoms with Gasteiger partial charge in [0.05, 0.1) is 10.4 Å². The molecule has 0 N–H and O–H groups in total. The van der Waals surface area contributed by atoms with Crippen molar-refractivity contribution in [1.29, 1.82) is 0 Å². The Morgan fingerprint density at radius 2 is 1.92 bits per heavy atom. The van der Waals surface area contributed by atoms with Gasteiger partial charge in [-0.05, 0) is 18.2 Å². The number of fused-ring (bicyclic) bond motifs is 3. The van der Waals surface area contributed by atoms with Gasteiger partial charge in [0.1, 0.15) is 4.83 Å². The van der Waals surface area contributed by atoms with Gasteiger partial charge in [0, 0.05) is 55.8 Å². The van der Waals surface area contributed by atoms with Crippen LogP contribution in [-0.2, 0) is 0 Å². The Bertz CT molecular complexity index is 1040. The standard InChI is InChI=1S/C17H15N5OS2/c23-16(14-11-13-15(25-14)19-17-22(13)9-10-24-17)21-7-5-20(6-8-21)12-1-3-18-4-2-12/h1-4,9-11H,5-8H2. The minimum atomic E-state index is 0.112. The number of hydrogen-bond acceptors (Lipinski definition) is 6. The van der Waals surface area contributed by atoms with E-state index in [9.17, 15) is 4.79 Å². The first kappa shape index (κ1) is 14.9. The zero-order valence-corrected chi connectivity index (χ0v) is 15.0. The van der Waals surface area contributed by atoms with Crippen LogP contribution >= 0.6 is 22.7 Å². The lowest BCUT2D eigenvalue weighted by Gasteiger charge is -2.35. The largest absolute Gasteiger partial charge is 0.368 e. The van der Waals surface area contributed by atoms with Crippen LogP contribution in [-0.4, -0.2) is 51.4 Å². The first-order valence-electron chi connectivity index (χ1n) is 8.09. The van der Waals surface area contributed by atoms with E-state index in [1.54, 1.807) is 23.7 Å². The molecule has 8 heteroatoms. The summed E-state index contributed by atoms with van der Waals surface area (Å²) in [4.78, 5) is 28.4. The van der Waals surface area contributed by atoms with Crippen LogP contribution in [0.3, 0.4) is 0 Å². The van der Waals surface area contributed by atoms with Crippen LogP contribution < -0.4 is 4.90 Å². The topological polar surface area (TPSA) is 53.7 Å². The number of rotatable bonds is 2. The minimum absolute atomic E-state index is 0.112. The summed E-state index contributed by atoms with van der Waals surface area (Å²) in [6.45, 7) is 3.15. The van der Waals surface area contributed by atoms with E-state index in [0.29, 0.717) is 0 Å². The number of imidazole rings is 1. The summed E-state index contributed by atoms with van der Waals surface area (Å²) in [5.74, 6) is 0.112. The van der Waals surface area contributed by atoms with Crippen molar-refractivity contribution in [2.24, 2.45) is 0 Å². The average Bonchev–Trinajstić information content (AvgIpc) is 3.34. The summed E-state index contributed by atoms with van der Waals surface area (Å²) in [5.41, 5.74) is 2.19. The summed E-state index contributed by atoms with van der Waals surface area (Å²) >= 11 is 3.10. The van der Waals surface area contributed by atoms with Crippen LogP contribution in [0, 0.1) is 0 Å². The lowest BCUT2D eigenvalue weighted by atomic mass is 10.2. The molecule has 4 aromatic heterocycles. The minimum Gasteiger partial charge on any atom is -0.368 e. The highest BCUT2D eigenvalue weighted by Crippen LogP contribution is 2.29. The maximum Gasteiger partial charge on any atom is 0.264 e. The highest BCUT2D eigenvalue weighted by molar-refractivity contribution is 7.21. The fourth-order valence-corrected chi connectivity index (χ4v) is 5.00. The van der Waals surface area contributed by atoms with E-state index in [2.05, 4.69) is 19.3 Å². The molecule has 0 aromatic carbocycles. The van der Waals surface area contributed by atoms with Gasteiger partial charge in [-0.25, -0.2) is 4.98 Å². The molecule has 1 saturated heterocycles. The molecule has 6 nitrogen and oxygen atoms in total. The van der Waals surface area contributed by atoms with Crippen LogP contribution in [0.15, 0.2) is 42.2 Å². The number of hydrogen-bond donors (Lipinski definition) is 0. The number of aromatic nitrogens is 3. The summed E-state index contributed by atoms with van der Waals surface area (Å²) in [6.07, 6.45) is 5.61. The van der Waals surface area contributed by atoms with Gasteiger partial charge in [-0.1, -0.05) is 0 Å². The number of pyridine rings is 1. The highest BCUT2D eigenvalue weighted by Gasteiger charge is 2.24. The molecular weight excluding hydrogens is 354 g/mol. The van der Waals surface area contributed by atoms with E-state index in [-0.39, 0.29) is 5.91 Å². The van der Waals surface area contributed by atoms with Crippen molar-refractivity contribution < 1.29 is 4.79 Å². The Morgan fingerprint density at radius 1 is 1.12 bits per heavy atom. The van der Waals surface area contributed by atoms with Crippen molar-refractivity contribution in [3.8, 4) is 0 Å². The third kappa shape index (κ3) is 2.49. The summed E-state index contributed by atoms with van der Waals surface area (Å²) in [6, 6.07) is 6.00. The second-order valence-corrected chi connectivity index (χ2v) is 7.86. The molecule has 0 radical (unpaired) electrons. The average molecular weight is 369 g/mol. The van der Waals surface area contributed by atoms with Crippen molar-refractivity contribution in [2.75, 3.05) is 31.1 Å². The van der Waals surface area contributed by atoms with Crippen LogP contribution in [0.25, 0.3) is 15.3 Å². The maximum atomic E-state index is 12.9. The molecule has 5 rings (SSSR count). The summed E-state index contributed by atoms with van der Waals surface area (Å²) < 4.78 is 2.05. The summed E-state index contributed by atoms with van der Waals surface area (Å²) in [7, 11) is 0. The molecule has 0 saturated carbocycles. The van der Waals surface area contributed by atoms with Gasteiger partial charge < -0.3 is 9.80 Å². The summed E-state index contributed by atoms with van der Waals surface area (Å²) in [5, 5.41) is 2.01. The van der Waals surface area contributed by atoms with Gasteiger partial charge in [0.25, 0.3) is 5.91 Å². The molecule has 25 heavy (non-hydrogen) atoms. The second-order valence-electron chi connectivity index (χ2n) is 5.95. The SMILES string of the molecule is O=C(c1cc2c(nc3sccn32)s1)N1CCN(c2ccncc2)CC1. The number of amides is 1. The first-order chi connectivity index (χ1) is 12.3. The molecule has 1 aliphatic heterocycles. The first-order valence-corrected chi connectivity index (χ1v) is 9.78. The predicted octanol–water partition coefficient (Wildman–Crippen LogP) is 2.97. The van der Waals surface area contributed by atoms with Crippen LogP contribution in [0.5, 0.6) is 0 Å². The smallest absolute Gasteiger partial charge is 0.264 e. The van der Waals surface area contributed by atoms with E-state index in [0.717, 1.165) is 52.1 Å². The zero-order valence-electron chi connectivity index (χ0n) is 13.3. The zero-order chi connectivity index (χ0) is 16.8. The number of carbonyl (C=O) groups is 1.